The summed E-state index contributed by atoms with van der Waals surface area (Å²) in [5.74, 6) is 1.26. The number of fused-ring (bicyclic) bond motifs is 1. The first kappa shape index (κ1) is 25.8. The molecule has 2 heterocycles. The number of halogens is 1. The number of benzene rings is 3. The van der Waals surface area contributed by atoms with Gasteiger partial charge in [-0.2, -0.15) is 0 Å². The van der Waals surface area contributed by atoms with Crippen molar-refractivity contribution < 1.29 is 14.6 Å². The molecule has 1 atom stereocenters. The summed E-state index contributed by atoms with van der Waals surface area (Å²) in [5.41, 5.74) is 4.22. The lowest BCUT2D eigenvalue weighted by Gasteiger charge is -2.20. The number of hydrogen-bond acceptors (Lipinski definition) is 7. The number of likely N-dealkylation sites (N-methyl/N-ethyl adjacent to an activating group) is 1. The zero-order valence-corrected chi connectivity index (χ0v) is 22.4. The van der Waals surface area contributed by atoms with Crippen LogP contribution < -0.4 is 10.1 Å². The van der Waals surface area contributed by atoms with Gasteiger partial charge in [-0.3, -0.25) is 4.79 Å². The highest BCUT2D eigenvalue weighted by molar-refractivity contribution is 6.33. The Kier molecular flexibility index (Phi) is 7.35. The third-order valence-electron chi connectivity index (χ3n) is 6.85. The predicted molar refractivity (Wildman–Crippen MR) is 150 cm³/mol. The standard InChI is InChI=1S/C29H30ClN5O3/c1-18-12-19(25-14-23(36)6-9-26(25)30)13-20-15-31-29(33-28(18)20)32-21-4-7-24(8-5-21)38-17-27(37)35-11-10-22(16-35)34(2)3/h4-9,12-15,22,36H,10-11,16-17H2,1-3H3,(H,31,32,33). The normalized spacial score (nSPS) is 15.3. The van der Waals surface area contributed by atoms with Crippen molar-refractivity contribution in [3.05, 3.63) is 71.4 Å². The summed E-state index contributed by atoms with van der Waals surface area (Å²) < 4.78 is 5.73. The number of carbonyl (C=O) groups excluding carboxylic acids is 1. The Morgan fingerprint density at radius 3 is 2.71 bits per heavy atom. The van der Waals surface area contributed by atoms with Gasteiger partial charge in [0.05, 0.1) is 5.52 Å². The van der Waals surface area contributed by atoms with Crippen LogP contribution in [0.3, 0.4) is 0 Å². The number of nitrogens with one attached hydrogen (secondary N) is 1. The minimum absolute atomic E-state index is 0.00554. The second kappa shape index (κ2) is 10.8. The van der Waals surface area contributed by atoms with E-state index in [-0.39, 0.29) is 18.3 Å². The Balaban J connectivity index is 1.23. The van der Waals surface area contributed by atoms with E-state index in [1.807, 2.05) is 62.3 Å². The van der Waals surface area contributed by atoms with Crippen LogP contribution in [0.25, 0.3) is 22.0 Å². The van der Waals surface area contributed by atoms with Crippen LogP contribution in [0.1, 0.15) is 12.0 Å². The number of aromatic nitrogens is 2. The maximum absolute atomic E-state index is 12.5. The summed E-state index contributed by atoms with van der Waals surface area (Å²) in [7, 11) is 4.08. The lowest BCUT2D eigenvalue weighted by atomic mass is 10.0. The van der Waals surface area contributed by atoms with Crippen LogP contribution in [-0.2, 0) is 4.79 Å². The van der Waals surface area contributed by atoms with Crippen molar-refractivity contribution in [3.63, 3.8) is 0 Å². The van der Waals surface area contributed by atoms with E-state index in [2.05, 4.69) is 15.2 Å². The number of nitrogens with zero attached hydrogens (tertiary/aromatic N) is 4. The number of phenolic OH excluding ortho intramolecular Hbond substituents is 1. The van der Waals surface area contributed by atoms with E-state index < -0.39 is 0 Å². The fraction of sp³-hybridized carbons (Fsp3) is 0.276. The van der Waals surface area contributed by atoms with Gasteiger partial charge in [0, 0.05) is 47.0 Å². The van der Waals surface area contributed by atoms with E-state index >= 15 is 0 Å². The van der Waals surface area contributed by atoms with Crippen LogP contribution in [0.4, 0.5) is 11.6 Å². The molecule has 38 heavy (non-hydrogen) atoms. The SMILES string of the molecule is Cc1cc(-c2cc(O)ccc2Cl)cc2cnc(Nc3ccc(OCC(=O)N4CCC(N(C)C)C4)cc3)nc12. The lowest BCUT2D eigenvalue weighted by Crippen LogP contribution is -2.36. The summed E-state index contributed by atoms with van der Waals surface area (Å²) in [5, 5.41) is 14.5. The maximum Gasteiger partial charge on any atom is 0.260 e. The van der Waals surface area contributed by atoms with Crippen LogP contribution >= 0.6 is 11.6 Å². The maximum atomic E-state index is 12.5. The Morgan fingerprint density at radius 2 is 1.97 bits per heavy atom. The number of likely N-dealkylation sites (tertiary alicyclic amines) is 1. The number of carbonyl (C=O) groups is 1. The molecule has 1 amide bonds. The molecule has 0 saturated carbocycles. The molecule has 1 saturated heterocycles. The Morgan fingerprint density at radius 1 is 1.18 bits per heavy atom. The highest BCUT2D eigenvalue weighted by atomic mass is 35.5. The lowest BCUT2D eigenvalue weighted by molar-refractivity contribution is -0.132. The summed E-state index contributed by atoms with van der Waals surface area (Å²) in [6, 6.07) is 16.6. The molecule has 0 bridgehead atoms. The predicted octanol–water partition coefficient (Wildman–Crippen LogP) is 5.25. The molecule has 5 rings (SSSR count). The number of aryl methyl sites for hydroxylation is 1. The summed E-state index contributed by atoms with van der Waals surface area (Å²) in [6.07, 6.45) is 2.75. The van der Waals surface area contributed by atoms with Crippen molar-refractivity contribution in [1.82, 2.24) is 19.8 Å². The van der Waals surface area contributed by atoms with Gasteiger partial charge < -0.3 is 25.0 Å². The summed E-state index contributed by atoms with van der Waals surface area (Å²) >= 11 is 6.36. The first-order valence-corrected chi connectivity index (χ1v) is 12.8. The number of phenols is 1. The van der Waals surface area contributed by atoms with E-state index in [1.165, 1.54) is 0 Å². The molecule has 196 valence electrons. The van der Waals surface area contributed by atoms with Gasteiger partial charge in [-0.25, -0.2) is 9.97 Å². The van der Waals surface area contributed by atoms with Gasteiger partial charge in [-0.1, -0.05) is 11.6 Å². The third kappa shape index (κ3) is 5.66. The first-order chi connectivity index (χ1) is 18.3. The van der Waals surface area contributed by atoms with Crippen molar-refractivity contribution in [2.75, 3.05) is 39.1 Å². The molecule has 1 aliphatic heterocycles. The van der Waals surface area contributed by atoms with Crippen LogP contribution in [-0.4, -0.2) is 70.6 Å². The molecule has 0 radical (unpaired) electrons. The van der Waals surface area contributed by atoms with Gasteiger partial charge in [0.25, 0.3) is 5.91 Å². The highest BCUT2D eigenvalue weighted by Crippen LogP contribution is 2.34. The third-order valence-corrected chi connectivity index (χ3v) is 7.18. The largest absolute Gasteiger partial charge is 0.508 e. The average Bonchev–Trinajstić information content (AvgIpc) is 3.41. The van der Waals surface area contributed by atoms with Gasteiger partial charge >= 0.3 is 0 Å². The number of ether oxygens (including phenoxy) is 1. The Hall–Kier alpha value is -3.88. The van der Waals surface area contributed by atoms with E-state index in [1.54, 1.807) is 24.4 Å². The molecular weight excluding hydrogens is 502 g/mol. The molecular formula is C29H30ClN5O3. The first-order valence-electron chi connectivity index (χ1n) is 12.5. The quantitative estimate of drug-likeness (QED) is 0.336. The van der Waals surface area contributed by atoms with Gasteiger partial charge in [-0.05, 0) is 93.2 Å². The number of aromatic hydroxyl groups is 1. The Labute approximate surface area is 226 Å². The average molecular weight is 532 g/mol. The molecule has 1 fully saturated rings. The van der Waals surface area contributed by atoms with Crippen LogP contribution in [0, 0.1) is 6.92 Å². The molecule has 8 nitrogen and oxygen atoms in total. The monoisotopic (exact) mass is 531 g/mol. The molecule has 1 unspecified atom stereocenters. The molecule has 2 N–H and O–H groups in total. The van der Waals surface area contributed by atoms with E-state index in [0.29, 0.717) is 22.8 Å². The van der Waals surface area contributed by atoms with Crippen molar-refractivity contribution in [3.8, 4) is 22.6 Å². The van der Waals surface area contributed by atoms with Crippen LogP contribution in [0.2, 0.25) is 5.02 Å². The number of amides is 1. The zero-order valence-electron chi connectivity index (χ0n) is 21.6. The van der Waals surface area contributed by atoms with Gasteiger partial charge in [0.15, 0.2) is 6.61 Å². The minimum atomic E-state index is 0.00554. The van der Waals surface area contributed by atoms with Crippen LogP contribution in [0.15, 0.2) is 60.8 Å². The second-order valence-electron chi connectivity index (χ2n) is 9.77. The molecule has 1 aromatic heterocycles. The highest BCUT2D eigenvalue weighted by Gasteiger charge is 2.27. The molecule has 1 aliphatic rings. The van der Waals surface area contributed by atoms with E-state index in [0.717, 1.165) is 52.8 Å². The molecule has 4 aromatic rings. The van der Waals surface area contributed by atoms with Crippen LogP contribution in [0.5, 0.6) is 11.5 Å². The van der Waals surface area contributed by atoms with Gasteiger partial charge in [0.1, 0.15) is 11.5 Å². The number of anilines is 2. The second-order valence-corrected chi connectivity index (χ2v) is 10.2. The van der Waals surface area contributed by atoms with E-state index in [9.17, 15) is 9.90 Å². The molecule has 0 spiro atoms. The van der Waals surface area contributed by atoms with Gasteiger partial charge in [0.2, 0.25) is 5.95 Å². The van der Waals surface area contributed by atoms with Crippen molar-refractivity contribution in [1.29, 1.82) is 0 Å². The van der Waals surface area contributed by atoms with Crippen molar-refractivity contribution in [2.24, 2.45) is 0 Å². The fourth-order valence-corrected chi connectivity index (χ4v) is 4.89. The molecule has 3 aromatic carbocycles. The summed E-state index contributed by atoms with van der Waals surface area (Å²) in [4.78, 5) is 25.7. The summed E-state index contributed by atoms with van der Waals surface area (Å²) in [6.45, 7) is 3.52. The number of hydrogen-bond donors (Lipinski definition) is 2. The van der Waals surface area contributed by atoms with E-state index in [4.69, 9.17) is 21.3 Å². The zero-order chi connectivity index (χ0) is 26.8. The van der Waals surface area contributed by atoms with Crippen molar-refractivity contribution >= 4 is 40.0 Å². The minimum Gasteiger partial charge on any atom is -0.508 e. The number of rotatable bonds is 7. The smallest absolute Gasteiger partial charge is 0.260 e. The van der Waals surface area contributed by atoms with Gasteiger partial charge in [-0.15, -0.1) is 0 Å². The van der Waals surface area contributed by atoms with Crippen molar-refractivity contribution in [2.45, 2.75) is 19.4 Å². The fourth-order valence-electron chi connectivity index (χ4n) is 4.66. The Bertz CT molecular complexity index is 1480. The molecule has 9 heteroatoms. The topological polar surface area (TPSA) is 90.8 Å². The molecule has 0 aliphatic carbocycles.